The van der Waals surface area contributed by atoms with Gasteiger partial charge in [0.05, 0.1) is 13.2 Å². The van der Waals surface area contributed by atoms with Crippen LogP contribution in [0.3, 0.4) is 0 Å². The predicted octanol–water partition coefficient (Wildman–Crippen LogP) is 0.934. The Morgan fingerprint density at radius 1 is 1.19 bits per heavy atom. The number of carbonyl (C=O) groups is 1. The fraction of sp³-hybridized carbons (Fsp3) is 0.750. The second kappa shape index (κ2) is 3.39. The molecule has 1 aliphatic heterocycles. The number of fused-ring (bicyclic) bond motifs is 2. The molecule has 4 heteroatoms. The van der Waals surface area contributed by atoms with Crippen LogP contribution >= 0.6 is 0 Å². The Morgan fingerprint density at radius 2 is 1.94 bits per heavy atom. The van der Waals surface area contributed by atoms with Crippen LogP contribution in [0.2, 0.25) is 0 Å². The van der Waals surface area contributed by atoms with E-state index in [-0.39, 0.29) is 5.78 Å². The summed E-state index contributed by atoms with van der Waals surface area (Å²) >= 11 is 0. The quantitative estimate of drug-likeness (QED) is 0.665. The maximum Gasteiger partial charge on any atom is 0.201 e. The van der Waals surface area contributed by atoms with E-state index in [1.165, 1.54) is 0 Å². The van der Waals surface area contributed by atoms with E-state index in [0.29, 0.717) is 26.1 Å². The molecule has 0 aromatic heterocycles. The van der Waals surface area contributed by atoms with Crippen LogP contribution in [-0.2, 0) is 14.3 Å². The van der Waals surface area contributed by atoms with Crippen molar-refractivity contribution in [3.05, 3.63) is 11.6 Å². The number of ketones is 1. The van der Waals surface area contributed by atoms with Crippen molar-refractivity contribution in [2.45, 2.75) is 43.5 Å². The van der Waals surface area contributed by atoms with E-state index in [2.05, 4.69) is 0 Å². The third-order valence-corrected chi connectivity index (χ3v) is 3.94. The van der Waals surface area contributed by atoms with Gasteiger partial charge in [0, 0.05) is 12.8 Å². The van der Waals surface area contributed by atoms with E-state index < -0.39 is 11.4 Å². The van der Waals surface area contributed by atoms with Gasteiger partial charge in [-0.15, -0.1) is 0 Å². The van der Waals surface area contributed by atoms with Crippen molar-refractivity contribution in [2.75, 3.05) is 13.2 Å². The van der Waals surface area contributed by atoms with Crippen LogP contribution in [0.25, 0.3) is 0 Å². The van der Waals surface area contributed by atoms with Crippen molar-refractivity contribution in [3.63, 3.8) is 0 Å². The van der Waals surface area contributed by atoms with Gasteiger partial charge >= 0.3 is 0 Å². The molecule has 4 nitrogen and oxygen atoms in total. The summed E-state index contributed by atoms with van der Waals surface area (Å²) in [6.07, 6.45) is 4.80. The molecular formula is C12H16O4. The highest BCUT2D eigenvalue weighted by Crippen LogP contribution is 2.49. The Labute approximate surface area is 94.2 Å². The van der Waals surface area contributed by atoms with Gasteiger partial charge in [0.2, 0.25) is 5.79 Å². The lowest BCUT2D eigenvalue weighted by molar-refractivity contribution is -0.270. The highest BCUT2D eigenvalue weighted by molar-refractivity contribution is 5.92. The minimum absolute atomic E-state index is 0.106. The van der Waals surface area contributed by atoms with Gasteiger partial charge in [-0.25, -0.2) is 0 Å². The third-order valence-electron chi connectivity index (χ3n) is 3.94. The van der Waals surface area contributed by atoms with Gasteiger partial charge in [0.25, 0.3) is 0 Å². The maximum absolute atomic E-state index is 11.4. The predicted molar refractivity (Wildman–Crippen MR) is 55.8 cm³/mol. The highest BCUT2D eigenvalue weighted by atomic mass is 16.7. The van der Waals surface area contributed by atoms with Crippen LogP contribution < -0.4 is 0 Å². The molecule has 0 aromatic rings. The van der Waals surface area contributed by atoms with E-state index in [4.69, 9.17) is 9.47 Å². The molecule has 2 aliphatic carbocycles. The first-order valence-corrected chi connectivity index (χ1v) is 5.90. The Hall–Kier alpha value is -0.710. The van der Waals surface area contributed by atoms with Gasteiger partial charge < -0.3 is 14.6 Å². The number of aliphatic hydroxyl groups is 1. The number of carbonyl (C=O) groups excluding carboxylic acids is 1. The van der Waals surface area contributed by atoms with Gasteiger partial charge in [0.15, 0.2) is 5.78 Å². The van der Waals surface area contributed by atoms with E-state index in [1.807, 2.05) is 0 Å². The second-order valence-electron chi connectivity index (χ2n) is 4.80. The molecule has 3 aliphatic rings. The number of hydrogen-bond acceptors (Lipinski definition) is 4. The van der Waals surface area contributed by atoms with Crippen molar-refractivity contribution < 1.29 is 19.4 Å². The fourth-order valence-corrected chi connectivity index (χ4v) is 3.12. The van der Waals surface area contributed by atoms with Crippen LogP contribution in [0.15, 0.2) is 11.6 Å². The topological polar surface area (TPSA) is 55.8 Å². The molecule has 3 rings (SSSR count). The summed E-state index contributed by atoms with van der Waals surface area (Å²) in [7, 11) is 0. The first kappa shape index (κ1) is 10.4. The molecule has 0 radical (unpaired) electrons. The molecule has 1 N–H and O–H groups in total. The number of allylic oxidation sites excluding steroid dienone is 1. The molecule has 0 aromatic carbocycles. The summed E-state index contributed by atoms with van der Waals surface area (Å²) in [5.74, 6) is -0.771. The highest BCUT2D eigenvalue weighted by Gasteiger charge is 2.59. The lowest BCUT2D eigenvalue weighted by Gasteiger charge is -2.49. The average Bonchev–Trinajstić information content (AvgIpc) is 2.72. The molecule has 0 bridgehead atoms. The van der Waals surface area contributed by atoms with Crippen molar-refractivity contribution in [3.8, 4) is 0 Å². The van der Waals surface area contributed by atoms with Crippen LogP contribution in [0.5, 0.6) is 0 Å². The molecule has 2 fully saturated rings. The molecule has 16 heavy (non-hydrogen) atoms. The van der Waals surface area contributed by atoms with E-state index in [9.17, 15) is 9.90 Å². The summed E-state index contributed by atoms with van der Waals surface area (Å²) in [5.41, 5.74) is -0.271. The SMILES string of the molecule is O=C1C=C2CCCC3(OCCO3)[C@@]2(O)CC1. The van der Waals surface area contributed by atoms with Crippen LogP contribution in [0, 0.1) is 0 Å². The van der Waals surface area contributed by atoms with Gasteiger partial charge in [-0.1, -0.05) is 0 Å². The minimum atomic E-state index is -1.07. The zero-order chi connectivity index (χ0) is 11.2. The minimum Gasteiger partial charge on any atom is -0.380 e. The largest absolute Gasteiger partial charge is 0.380 e. The van der Waals surface area contributed by atoms with Crippen LogP contribution in [0.4, 0.5) is 0 Å². The van der Waals surface area contributed by atoms with Crippen LogP contribution in [-0.4, -0.2) is 35.5 Å². The third kappa shape index (κ3) is 1.24. The molecule has 88 valence electrons. The molecule has 1 spiro atoms. The monoisotopic (exact) mass is 224 g/mol. The Morgan fingerprint density at radius 3 is 2.69 bits per heavy atom. The van der Waals surface area contributed by atoms with Crippen molar-refractivity contribution >= 4 is 5.78 Å². The number of rotatable bonds is 0. The Kier molecular flexibility index (Phi) is 2.21. The molecule has 1 saturated heterocycles. The summed E-state index contributed by atoms with van der Waals surface area (Å²) in [6, 6.07) is 0. The summed E-state index contributed by atoms with van der Waals surface area (Å²) in [6.45, 7) is 1.06. The lowest BCUT2D eigenvalue weighted by Crippen LogP contribution is -2.59. The molecular weight excluding hydrogens is 208 g/mol. The van der Waals surface area contributed by atoms with E-state index >= 15 is 0 Å². The van der Waals surface area contributed by atoms with E-state index in [0.717, 1.165) is 24.8 Å². The first-order chi connectivity index (χ1) is 7.66. The lowest BCUT2D eigenvalue weighted by atomic mass is 9.69. The molecule has 0 unspecified atom stereocenters. The standard InChI is InChI=1S/C12H16O4/c13-10-3-5-11(14)9(8-10)2-1-4-12(11)15-6-7-16-12/h8,14H,1-7H2/t11-/m1/s1. The zero-order valence-electron chi connectivity index (χ0n) is 9.20. The summed E-state index contributed by atoms with van der Waals surface area (Å²) in [5, 5.41) is 10.8. The second-order valence-corrected chi connectivity index (χ2v) is 4.80. The smallest absolute Gasteiger partial charge is 0.201 e. The normalized spacial score (nSPS) is 37.3. The van der Waals surface area contributed by atoms with Gasteiger partial charge in [-0.2, -0.15) is 0 Å². The summed E-state index contributed by atoms with van der Waals surface area (Å²) in [4.78, 5) is 11.4. The Balaban J connectivity index is 2.03. The van der Waals surface area contributed by atoms with Crippen molar-refractivity contribution in [1.82, 2.24) is 0 Å². The van der Waals surface area contributed by atoms with Crippen LogP contribution in [0.1, 0.15) is 32.1 Å². The Bertz CT molecular complexity index is 354. The van der Waals surface area contributed by atoms with Gasteiger partial charge in [-0.05, 0) is 30.9 Å². The van der Waals surface area contributed by atoms with Gasteiger partial charge in [0.1, 0.15) is 5.60 Å². The number of hydrogen-bond donors (Lipinski definition) is 1. The number of ether oxygens (including phenoxy) is 2. The molecule has 1 atom stereocenters. The maximum atomic E-state index is 11.4. The van der Waals surface area contributed by atoms with Crippen molar-refractivity contribution in [1.29, 1.82) is 0 Å². The van der Waals surface area contributed by atoms with E-state index in [1.54, 1.807) is 6.08 Å². The average molecular weight is 224 g/mol. The first-order valence-electron chi connectivity index (χ1n) is 5.90. The molecule has 1 saturated carbocycles. The van der Waals surface area contributed by atoms with Crippen molar-refractivity contribution in [2.24, 2.45) is 0 Å². The summed E-state index contributed by atoms with van der Waals surface area (Å²) < 4.78 is 11.3. The van der Waals surface area contributed by atoms with Gasteiger partial charge in [-0.3, -0.25) is 4.79 Å². The fourth-order valence-electron chi connectivity index (χ4n) is 3.12. The zero-order valence-corrected chi connectivity index (χ0v) is 9.20. The molecule has 0 amide bonds. The molecule has 1 heterocycles.